The third-order valence-corrected chi connectivity index (χ3v) is 9.02. The van der Waals surface area contributed by atoms with Crippen molar-refractivity contribution in [1.29, 1.82) is 0 Å². The van der Waals surface area contributed by atoms with E-state index in [0.29, 0.717) is 31.2 Å². The molecule has 224 valence electrons. The monoisotopic (exact) mass is 603 g/mol. The number of hydrogen-bond donors (Lipinski definition) is 2. The topological polar surface area (TPSA) is 78.2 Å². The van der Waals surface area contributed by atoms with E-state index in [0.717, 1.165) is 61.5 Å². The minimum Gasteiger partial charge on any atom is -0.489 e. The summed E-state index contributed by atoms with van der Waals surface area (Å²) >= 11 is 0. The number of carboxylic acids is 1. The van der Waals surface area contributed by atoms with Crippen molar-refractivity contribution in [2.24, 2.45) is 0 Å². The second kappa shape index (κ2) is 14.1. The summed E-state index contributed by atoms with van der Waals surface area (Å²) in [5, 5.41) is 20.9. The van der Waals surface area contributed by atoms with Crippen LogP contribution >= 0.6 is 24.8 Å². The SMILES string of the molecule is Cl.Cl.O=C(O)c1ccc2c(C3CCCCC3)c3n(c2c1)CCOc1c-3cccc1N(CCO)CCN1CCCCC1. The molecule has 2 N–H and O–H groups in total. The van der Waals surface area contributed by atoms with Gasteiger partial charge in [0.1, 0.15) is 6.61 Å². The van der Waals surface area contributed by atoms with E-state index in [2.05, 4.69) is 32.6 Å². The van der Waals surface area contributed by atoms with E-state index in [9.17, 15) is 15.0 Å². The fourth-order valence-electron chi connectivity index (χ4n) is 7.11. The number of halogens is 2. The maximum absolute atomic E-state index is 11.9. The van der Waals surface area contributed by atoms with Crippen LogP contribution in [0, 0.1) is 0 Å². The van der Waals surface area contributed by atoms with Gasteiger partial charge in [-0.2, -0.15) is 0 Å². The van der Waals surface area contributed by atoms with Gasteiger partial charge >= 0.3 is 5.97 Å². The number of ether oxygens (including phenoxy) is 1. The van der Waals surface area contributed by atoms with Gasteiger partial charge in [-0.05, 0) is 74.5 Å². The molecule has 3 heterocycles. The predicted molar refractivity (Wildman–Crippen MR) is 170 cm³/mol. The fourth-order valence-corrected chi connectivity index (χ4v) is 7.11. The molecule has 2 fully saturated rings. The number of aliphatic hydroxyl groups is 1. The van der Waals surface area contributed by atoms with Crippen LogP contribution in [0.4, 0.5) is 5.69 Å². The Labute approximate surface area is 255 Å². The van der Waals surface area contributed by atoms with Gasteiger partial charge in [0.15, 0.2) is 5.75 Å². The Hall–Kier alpha value is -2.45. The van der Waals surface area contributed by atoms with E-state index in [1.54, 1.807) is 6.07 Å². The Morgan fingerprint density at radius 1 is 0.951 bits per heavy atom. The number of fused-ring (bicyclic) bond motifs is 5. The van der Waals surface area contributed by atoms with Crippen LogP contribution < -0.4 is 9.64 Å². The Bertz CT molecular complexity index is 1330. The zero-order valence-corrected chi connectivity index (χ0v) is 25.4. The molecule has 2 aliphatic heterocycles. The number of anilines is 1. The first-order valence-electron chi connectivity index (χ1n) is 14.9. The highest BCUT2D eigenvalue weighted by Gasteiger charge is 2.31. The lowest BCUT2D eigenvalue weighted by atomic mass is 9.81. The molecule has 6 rings (SSSR count). The van der Waals surface area contributed by atoms with Crippen LogP contribution in [0.1, 0.15) is 73.2 Å². The molecule has 0 radical (unpaired) electrons. The minimum atomic E-state index is -0.896. The standard InChI is InChI=1S/C32H41N3O4.2ClH/c36-20-18-34(17-16-33-14-5-2-6-15-33)27-11-7-10-26-30-29(23-8-3-1-4-9-23)25-13-12-24(32(37)38)22-28(25)35(30)19-21-39-31(26)27;;/h7,10-13,22-23,36H,1-6,8-9,14-21H2,(H,37,38);2*1H. The molecule has 9 heteroatoms. The second-order valence-corrected chi connectivity index (χ2v) is 11.4. The van der Waals surface area contributed by atoms with Crippen molar-refractivity contribution in [1.82, 2.24) is 9.47 Å². The number of nitrogens with zero attached hydrogens (tertiary/aromatic N) is 3. The predicted octanol–water partition coefficient (Wildman–Crippen LogP) is 6.57. The molecule has 41 heavy (non-hydrogen) atoms. The van der Waals surface area contributed by atoms with Crippen molar-refractivity contribution >= 4 is 47.4 Å². The van der Waals surface area contributed by atoms with Crippen LogP contribution in [-0.2, 0) is 6.54 Å². The summed E-state index contributed by atoms with van der Waals surface area (Å²) in [5.74, 6) is 0.449. The zero-order valence-electron chi connectivity index (χ0n) is 23.7. The van der Waals surface area contributed by atoms with Crippen molar-refractivity contribution in [3.05, 3.63) is 47.5 Å². The molecule has 1 saturated carbocycles. The highest BCUT2D eigenvalue weighted by molar-refractivity contribution is 5.99. The molecule has 0 atom stereocenters. The van der Waals surface area contributed by atoms with Gasteiger partial charge in [-0.25, -0.2) is 4.79 Å². The first-order valence-corrected chi connectivity index (χ1v) is 14.9. The number of piperidine rings is 1. The maximum atomic E-state index is 11.9. The smallest absolute Gasteiger partial charge is 0.335 e. The van der Waals surface area contributed by atoms with E-state index in [1.807, 2.05) is 12.1 Å². The van der Waals surface area contributed by atoms with Crippen LogP contribution in [0.15, 0.2) is 36.4 Å². The highest BCUT2D eigenvalue weighted by atomic mass is 35.5. The number of aliphatic hydroxyl groups excluding tert-OH is 1. The normalized spacial score (nSPS) is 17.4. The second-order valence-electron chi connectivity index (χ2n) is 11.4. The summed E-state index contributed by atoms with van der Waals surface area (Å²) in [7, 11) is 0. The number of hydrogen-bond acceptors (Lipinski definition) is 5. The molecule has 0 unspecified atom stereocenters. The maximum Gasteiger partial charge on any atom is 0.335 e. The van der Waals surface area contributed by atoms with Gasteiger partial charge < -0.3 is 29.3 Å². The molecule has 1 saturated heterocycles. The molecular formula is C32H43Cl2N3O4. The number of para-hydroxylation sites is 1. The summed E-state index contributed by atoms with van der Waals surface area (Å²) in [6, 6.07) is 12.1. The van der Waals surface area contributed by atoms with Gasteiger partial charge in [0.2, 0.25) is 0 Å². The number of aromatic nitrogens is 1. The van der Waals surface area contributed by atoms with E-state index in [4.69, 9.17) is 4.74 Å². The van der Waals surface area contributed by atoms with Gasteiger partial charge in [-0.3, -0.25) is 0 Å². The van der Waals surface area contributed by atoms with Gasteiger partial charge in [0.25, 0.3) is 0 Å². The highest BCUT2D eigenvalue weighted by Crippen LogP contribution is 2.49. The molecular weight excluding hydrogens is 561 g/mol. The average molecular weight is 605 g/mol. The quantitative estimate of drug-likeness (QED) is 0.303. The first-order chi connectivity index (χ1) is 19.2. The average Bonchev–Trinajstić information content (AvgIpc) is 3.16. The third kappa shape index (κ3) is 6.34. The number of carboxylic acid groups (broad SMARTS) is 1. The van der Waals surface area contributed by atoms with E-state index >= 15 is 0 Å². The number of likely N-dealkylation sites (tertiary alicyclic amines) is 1. The molecule has 0 bridgehead atoms. The number of rotatable bonds is 8. The van der Waals surface area contributed by atoms with E-state index in [-0.39, 0.29) is 31.4 Å². The van der Waals surface area contributed by atoms with Gasteiger partial charge in [-0.1, -0.05) is 37.8 Å². The van der Waals surface area contributed by atoms with E-state index < -0.39 is 5.97 Å². The van der Waals surface area contributed by atoms with Gasteiger partial charge in [0, 0.05) is 36.1 Å². The minimum absolute atomic E-state index is 0. The summed E-state index contributed by atoms with van der Waals surface area (Å²) in [5.41, 5.74) is 5.98. The number of aromatic carboxylic acids is 1. The zero-order chi connectivity index (χ0) is 26.8. The Balaban J connectivity index is 0.00000194. The lowest BCUT2D eigenvalue weighted by Crippen LogP contribution is -2.39. The molecule has 3 aromatic rings. The van der Waals surface area contributed by atoms with Gasteiger partial charge in [-0.15, -0.1) is 24.8 Å². The molecule has 1 aliphatic carbocycles. The first kappa shape index (κ1) is 31.5. The van der Waals surface area contributed by atoms with E-state index in [1.165, 1.54) is 55.2 Å². The van der Waals surface area contributed by atoms with Crippen LogP contribution in [0.3, 0.4) is 0 Å². The molecule has 0 spiro atoms. The number of benzene rings is 2. The molecule has 1 aromatic heterocycles. The van der Waals surface area contributed by atoms with Crippen LogP contribution in [0.25, 0.3) is 22.2 Å². The summed E-state index contributed by atoms with van der Waals surface area (Å²) in [6.07, 6.45) is 9.92. The lowest BCUT2D eigenvalue weighted by Gasteiger charge is -2.32. The Morgan fingerprint density at radius 3 is 2.44 bits per heavy atom. The summed E-state index contributed by atoms with van der Waals surface area (Å²) in [6.45, 7) is 5.98. The molecule has 0 amide bonds. The van der Waals surface area contributed by atoms with Crippen LogP contribution in [-0.4, -0.2) is 71.6 Å². The van der Waals surface area contributed by atoms with Crippen molar-refractivity contribution in [3.63, 3.8) is 0 Å². The molecule has 2 aromatic carbocycles. The molecule has 3 aliphatic rings. The van der Waals surface area contributed by atoms with Crippen LogP contribution in [0.2, 0.25) is 0 Å². The fraction of sp³-hybridized carbons (Fsp3) is 0.531. The van der Waals surface area contributed by atoms with Gasteiger partial charge in [0.05, 0.1) is 30.1 Å². The summed E-state index contributed by atoms with van der Waals surface area (Å²) < 4.78 is 8.85. The number of carbonyl (C=O) groups is 1. The Kier molecular flexibility index (Phi) is 10.9. The largest absolute Gasteiger partial charge is 0.489 e. The van der Waals surface area contributed by atoms with Crippen LogP contribution in [0.5, 0.6) is 5.75 Å². The van der Waals surface area contributed by atoms with Crippen molar-refractivity contribution in [3.8, 4) is 17.0 Å². The lowest BCUT2D eigenvalue weighted by molar-refractivity contribution is 0.0697. The van der Waals surface area contributed by atoms with Crippen molar-refractivity contribution < 1.29 is 19.7 Å². The van der Waals surface area contributed by atoms with Crippen molar-refractivity contribution in [2.75, 3.05) is 50.8 Å². The molecule has 7 nitrogen and oxygen atoms in total. The van der Waals surface area contributed by atoms with Crippen molar-refractivity contribution in [2.45, 2.75) is 63.8 Å². The third-order valence-electron chi connectivity index (χ3n) is 9.02. The summed E-state index contributed by atoms with van der Waals surface area (Å²) in [4.78, 5) is 16.7. The Morgan fingerprint density at radius 2 is 1.71 bits per heavy atom.